The zero-order valence-corrected chi connectivity index (χ0v) is 15.2. The van der Waals surface area contributed by atoms with Gasteiger partial charge in [-0.1, -0.05) is 56.3 Å². The molecule has 0 aliphatic carbocycles. The molecular formula is C21H28O3. The van der Waals surface area contributed by atoms with Gasteiger partial charge in [0.15, 0.2) is 0 Å². The highest BCUT2D eigenvalue weighted by Gasteiger charge is 2.34. The molecule has 0 amide bonds. The first-order chi connectivity index (χ1) is 11.2. The molecule has 0 saturated carbocycles. The second kappa shape index (κ2) is 7.37. The summed E-state index contributed by atoms with van der Waals surface area (Å²) in [4.78, 5) is 11.9. The molecule has 0 aliphatic heterocycles. The van der Waals surface area contributed by atoms with Crippen molar-refractivity contribution in [1.29, 1.82) is 0 Å². The number of phenolic OH excluding ortho intramolecular Hbond substituents is 1. The molecule has 1 unspecified atom stereocenters. The predicted molar refractivity (Wildman–Crippen MR) is 96.6 cm³/mol. The fraction of sp³-hybridized carbons (Fsp3) is 0.429. The lowest BCUT2D eigenvalue weighted by Gasteiger charge is -2.35. The van der Waals surface area contributed by atoms with E-state index in [-0.39, 0.29) is 5.75 Å². The minimum Gasteiger partial charge on any atom is -0.508 e. The van der Waals surface area contributed by atoms with Crippen LogP contribution < -0.4 is 0 Å². The molecule has 0 bridgehead atoms. The Hall–Kier alpha value is -1.84. The molecule has 0 fully saturated rings. The van der Waals surface area contributed by atoms with E-state index in [0.717, 1.165) is 17.5 Å². The zero-order chi connectivity index (χ0) is 17.8. The van der Waals surface area contributed by atoms with Crippen molar-refractivity contribution < 1.29 is 14.9 Å². The quantitative estimate of drug-likeness (QED) is 0.536. The molecule has 0 aromatic heterocycles. The first kappa shape index (κ1) is 18.5. The Morgan fingerprint density at radius 2 is 1.50 bits per heavy atom. The standard InChI is InChI=1S/C21H28O3/c1-16(2)15-21(5,18-12-9-13-19(22)14-18)24-23-20(3,4)17-10-7-6-8-11-17/h6-14,16,22H,15H2,1-5H3. The van der Waals surface area contributed by atoms with Gasteiger partial charge in [-0.05, 0) is 56.4 Å². The molecule has 2 rings (SSSR count). The molecule has 130 valence electrons. The Bertz CT molecular complexity index is 649. The van der Waals surface area contributed by atoms with Crippen LogP contribution in [-0.4, -0.2) is 5.11 Å². The third-order valence-electron chi connectivity index (χ3n) is 4.16. The molecule has 2 aromatic rings. The second-order valence-electron chi connectivity index (χ2n) is 7.42. The van der Waals surface area contributed by atoms with Crippen LogP contribution in [0.1, 0.15) is 52.2 Å². The lowest BCUT2D eigenvalue weighted by atomic mass is 9.87. The molecule has 0 saturated heterocycles. The van der Waals surface area contributed by atoms with Crippen molar-refractivity contribution >= 4 is 0 Å². The lowest BCUT2D eigenvalue weighted by Crippen LogP contribution is -2.33. The molecule has 0 spiro atoms. The van der Waals surface area contributed by atoms with Gasteiger partial charge in [-0.2, -0.15) is 0 Å². The summed E-state index contributed by atoms with van der Waals surface area (Å²) < 4.78 is 0. The van der Waals surface area contributed by atoms with Crippen molar-refractivity contribution in [3.8, 4) is 5.75 Å². The monoisotopic (exact) mass is 328 g/mol. The highest BCUT2D eigenvalue weighted by atomic mass is 17.2. The van der Waals surface area contributed by atoms with Gasteiger partial charge in [-0.15, -0.1) is 0 Å². The highest BCUT2D eigenvalue weighted by molar-refractivity contribution is 5.31. The van der Waals surface area contributed by atoms with Crippen LogP contribution in [0.15, 0.2) is 54.6 Å². The Morgan fingerprint density at radius 1 is 0.875 bits per heavy atom. The van der Waals surface area contributed by atoms with Crippen molar-refractivity contribution in [2.75, 3.05) is 0 Å². The topological polar surface area (TPSA) is 38.7 Å². The molecule has 1 N–H and O–H groups in total. The maximum atomic E-state index is 9.82. The molecular weight excluding hydrogens is 300 g/mol. The number of aromatic hydroxyl groups is 1. The van der Waals surface area contributed by atoms with E-state index in [0.29, 0.717) is 5.92 Å². The summed E-state index contributed by atoms with van der Waals surface area (Å²) in [5.41, 5.74) is 0.739. The normalized spacial score (nSPS) is 14.6. The Morgan fingerprint density at radius 3 is 2.08 bits per heavy atom. The van der Waals surface area contributed by atoms with E-state index >= 15 is 0 Å². The third kappa shape index (κ3) is 4.59. The number of rotatable bonds is 7. The van der Waals surface area contributed by atoms with E-state index < -0.39 is 11.2 Å². The van der Waals surface area contributed by atoms with Crippen LogP contribution in [0.4, 0.5) is 0 Å². The molecule has 0 heterocycles. The second-order valence-corrected chi connectivity index (χ2v) is 7.42. The Balaban J connectivity index is 2.23. The van der Waals surface area contributed by atoms with Crippen LogP contribution in [0, 0.1) is 5.92 Å². The molecule has 0 aliphatic rings. The van der Waals surface area contributed by atoms with Gasteiger partial charge in [-0.3, -0.25) is 0 Å². The van der Waals surface area contributed by atoms with Gasteiger partial charge < -0.3 is 5.11 Å². The average molecular weight is 328 g/mol. The van der Waals surface area contributed by atoms with Crippen LogP contribution in [-0.2, 0) is 21.0 Å². The fourth-order valence-electron chi connectivity index (χ4n) is 2.90. The molecule has 3 nitrogen and oxygen atoms in total. The van der Waals surface area contributed by atoms with Gasteiger partial charge in [0, 0.05) is 0 Å². The summed E-state index contributed by atoms with van der Waals surface area (Å²) in [6, 6.07) is 17.2. The van der Waals surface area contributed by atoms with Gasteiger partial charge in [-0.25, -0.2) is 9.78 Å². The van der Waals surface area contributed by atoms with Crippen LogP contribution in [0.2, 0.25) is 0 Å². The van der Waals surface area contributed by atoms with Crippen molar-refractivity contribution in [3.05, 3.63) is 65.7 Å². The first-order valence-electron chi connectivity index (χ1n) is 8.45. The van der Waals surface area contributed by atoms with Gasteiger partial charge in [0.05, 0.1) is 0 Å². The Kier molecular flexibility index (Phi) is 5.68. The molecule has 1 atom stereocenters. The van der Waals surface area contributed by atoms with Gasteiger partial charge in [0.1, 0.15) is 17.0 Å². The lowest BCUT2D eigenvalue weighted by molar-refractivity contribution is -0.416. The Labute approximate surface area is 145 Å². The average Bonchev–Trinajstić information content (AvgIpc) is 2.53. The predicted octanol–water partition coefficient (Wildman–Crippen LogP) is 5.54. The van der Waals surface area contributed by atoms with Gasteiger partial charge >= 0.3 is 0 Å². The summed E-state index contributed by atoms with van der Waals surface area (Å²) >= 11 is 0. The van der Waals surface area contributed by atoms with E-state index in [9.17, 15) is 5.11 Å². The smallest absolute Gasteiger partial charge is 0.126 e. The minimum atomic E-state index is -0.640. The van der Waals surface area contributed by atoms with E-state index in [1.54, 1.807) is 12.1 Å². The van der Waals surface area contributed by atoms with E-state index in [2.05, 4.69) is 13.8 Å². The van der Waals surface area contributed by atoms with Crippen molar-refractivity contribution in [2.24, 2.45) is 5.92 Å². The maximum absolute atomic E-state index is 9.82. The summed E-state index contributed by atoms with van der Waals surface area (Å²) in [7, 11) is 0. The number of hydrogen-bond acceptors (Lipinski definition) is 3. The molecule has 24 heavy (non-hydrogen) atoms. The van der Waals surface area contributed by atoms with Crippen molar-refractivity contribution in [3.63, 3.8) is 0 Å². The zero-order valence-electron chi connectivity index (χ0n) is 15.2. The van der Waals surface area contributed by atoms with Crippen molar-refractivity contribution in [2.45, 2.75) is 52.2 Å². The summed E-state index contributed by atoms with van der Waals surface area (Å²) in [6.07, 6.45) is 0.779. The largest absolute Gasteiger partial charge is 0.508 e. The number of benzene rings is 2. The SMILES string of the molecule is CC(C)CC(C)(OOC(C)(C)c1ccccc1)c1cccc(O)c1. The molecule has 3 heteroatoms. The van der Waals surface area contributed by atoms with E-state index in [4.69, 9.17) is 9.78 Å². The van der Waals surface area contributed by atoms with E-state index in [1.165, 1.54) is 0 Å². The molecule has 2 aromatic carbocycles. The first-order valence-corrected chi connectivity index (χ1v) is 8.45. The fourth-order valence-corrected chi connectivity index (χ4v) is 2.90. The summed E-state index contributed by atoms with van der Waals surface area (Å²) in [5.74, 6) is 0.647. The minimum absolute atomic E-state index is 0.230. The van der Waals surface area contributed by atoms with Crippen molar-refractivity contribution in [1.82, 2.24) is 0 Å². The number of phenols is 1. The summed E-state index contributed by atoms with van der Waals surface area (Å²) in [5, 5.41) is 9.82. The van der Waals surface area contributed by atoms with Crippen LogP contribution in [0.3, 0.4) is 0 Å². The number of hydrogen-bond donors (Lipinski definition) is 1. The van der Waals surface area contributed by atoms with E-state index in [1.807, 2.05) is 63.2 Å². The van der Waals surface area contributed by atoms with Crippen LogP contribution >= 0.6 is 0 Å². The highest BCUT2D eigenvalue weighted by Crippen LogP contribution is 2.37. The van der Waals surface area contributed by atoms with Gasteiger partial charge in [0.25, 0.3) is 0 Å². The third-order valence-corrected chi connectivity index (χ3v) is 4.16. The summed E-state index contributed by atoms with van der Waals surface area (Å²) in [6.45, 7) is 10.3. The molecule has 0 radical (unpaired) electrons. The van der Waals surface area contributed by atoms with Crippen LogP contribution in [0.5, 0.6) is 5.75 Å². The maximum Gasteiger partial charge on any atom is 0.126 e. The van der Waals surface area contributed by atoms with Gasteiger partial charge in [0.2, 0.25) is 0 Å². The van der Waals surface area contributed by atoms with Crippen LogP contribution in [0.25, 0.3) is 0 Å².